The molecule has 0 radical (unpaired) electrons. The number of piperidine rings is 1. The van der Waals surface area contributed by atoms with Crippen LogP contribution in [0, 0.1) is 5.92 Å². The Labute approximate surface area is 127 Å². The Balaban J connectivity index is 1.78. The molecule has 0 bridgehead atoms. The number of benzene rings is 1. The number of ether oxygens (including phenoxy) is 1. The van der Waals surface area contributed by atoms with Gasteiger partial charge in [0.2, 0.25) is 5.91 Å². The minimum absolute atomic E-state index is 0.225. The summed E-state index contributed by atoms with van der Waals surface area (Å²) in [6.07, 6.45) is 4.12. The van der Waals surface area contributed by atoms with Crippen LogP contribution in [-0.2, 0) is 11.3 Å². The smallest absolute Gasteiger partial charge is 0.222 e. The first-order valence-corrected chi connectivity index (χ1v) is 7.76. The van der Waals surface area contributed by atoms with Crippen molar-refractivity contribution >= 4 is 5.91 Å². The zero-order chi connectivity index (χ0) is 15.1. The van der Waals surface area contributed by atoms with Crippen molar-refractivity contribution in [3.05, 3.63) is 29.8 Å². The molecular formula is C17H26N2O2. The van der Waals surface area contributed by atoms with Crippen LogP contribution in [0.2, 0.25) is 0 Å². The lowest BCUT2D eigenvalue weighted by Gasteiger charge is -2.24. The number of hydrogen-bond donors (Lipinski definition) is 1. The molecule has 0 saturated carbocycles. The molecule has 1 unspecified atom stereocenters. The van der Waals surface area contributed by atoms with Gasteiger partial charge in [0.05, 0.1) is 7.11 Å². The van der Waals surface area contributed by atoms with Crippen molar-refractivity contribution < 1.29 is 9.53 Å². The van der Waals surface area contributed by atoms with Crippen molar-refractivity contribution in [1.82, 2.24) is 10.2 Å². The monoisotopic (exact) mass is 290 g/mol. The van der Waals surface area contributed by atoms with Gasteiger partial charge in [0.1, 0.15) is 5.75 Å². The van der Waals surface area contributed by atoms with Crippen LogP contribution in [0.25, 0.3) is 0 Å². The van der Waals surface area contributed by atoms with Crippen LogP contribution in [0.5, 0.6) is 5.75 Å². The molecule has 1 amide bonds. The van der Waals surface area contributed by atoms with Gasteiger partial charge in [0, 0.05) is 20.0 Å². The highest BCUT2D eigenvalue weighted by Gasteiger charge is 2.16. The van der Waals surface area contributed by atoms with Crippen molar-refractivity contribution in [2.75, 3.05) is 27.2 Å². The summed E-state index contributed by atoms with van der Waals surface area (Å²) < 4.78 is 5.21. The van der Waals surface area contributed by atoms with Crippen molar-refractivity contribution in [1.29, 1.82) is 0 Å². The molecule has 1 atom stereocenters. The third-order valence-electron chi connectivity index (χ3n) is 4.15. The van der Waals surface area contributed by atoms with Crippen molar-refractivity contribution in [3.63, 3.8) is 0 Å². The van der Waals surface area contributed by atoms with E-state index in [-0.39, 0.29) is 5.91 Å². The van der Waals surface area contributed by atoms with E-state index in [9.17, 15) is 4.79 Å². The Bertz CT molecular complexity index is 456. The summed E-state index contributed by atoms with van der Waals surface area (Å²) in [7, 11) is 3.53. The van der Waals surface area contributed by atoms with E-state index in [2.05, 4.69) is 5.32 Å². The maximum absolute atomic E-state index is 12.2. The molecule has 1 saturated heterocycles. The molecule has 0 spiro atoms. The molecule has 0 aromatic heterocycles. The van der Waals surface area contributed by atoms with Crippen molar-refractivity contribution in [2.24, 2.45) is 5.92 Å². The first kappa shape index (κ1) is 15.8. The van der Waals surface area contributed by atoms with Crippen molar-refractivity contribution in [2.45, 2.75) is 32.2 Å². The highest BCUT2D eigenvalue weighted by Crippen LogP contribution is 2.18. The topological polar surface area (TPSA) is 41.6 Å². The second kappa shape index (κ2) is 8.03. The first-order chi connectivity index (χ1) is 10.2. The van der Waals surface area contributed by atoms with Gasteiger partial charge in [-0.3, -0.25) is 4.79 Å². The molecule has 1 N–H and O–H groups in total. The summed E-state index contributed by atoms with van der Waals surface area (Å²) in [4.78, 5) is 14.0. The second-order valence-electron chi connectivity index (χ2n) is 5.85. The molecule has 1 heterocycles. The van der Waals surface area contributed by atoms with Gasteiger partial charge < -0.3 is 15.0 Å². The molecule has 2 rings (SSSR count). The number of hydrogen-bond acceptors (Lipinski definition) is 3. The van der Waals surface area contributed by atoms with Crippen LogP contribution < -0.4 is 10.1 Å². The Kier molecular flexibility index (Phi) is 6.05. The third-order valence-corrected chi connectivity index (χ3v) is 4.15. The summed E-state index contributed by atoms with van der Waals surface area (Å²) in [6, 6.07) is 7.88. The fourth-order valence-corrected chi connectivity index (χ4v) is 2.82. The number of rotatable bonds is 6. The maximum atomic E-state index is 12.2. The maximum Gasteiger partial charge on any atom is 0.222 e. The van der Waals surface area contributed by atoms with Gasteiger partial charge in [-0.1, -0.05) is 12.1 Å². The third kappa shape index (κ3) is 5.05. The number of nitrogens with one attached hydrogen (secondary N) is 1. The van der Waals surface area contributed by atoms with E-state index in [1.54, 1.807) is 7.11 Å². The largest absolute Gasteiger partial charge is 0.497 e. The summed E-state index contributed by atoms with van der Waals surface area (Å²) in [6.45, 7) is 2.83. The fraction of sp³-hybridized carbons (Fsp3) is 0.588. The van der Waals surface area contributed by atoms with E-state index in [0.717, 1.165) is 30.8 Å². The van der Waals surface area contributed by atoms with Crippen LogP contribution in [0.4, 0.5) is 0 Å². The predicted octanol–water partition coefficient (Wildman–Crippen LogP) is 2.43. The van der Waals surface area contributed by atoms with Crippen LogP contribution >= 0.6 is 0 Å². The zero-order valence-electron chi connectivity index (χ0n) is 13.1. The molecule has 1 fully saturated rings. The highest BCUT2D eigenvalue weighted by molar-refractivity contribution is 5.75. The van der Waals surface area contributed by atoms with E-state index in [1.807, 2.05) is 36.2 Å². The van der Waals surface area contributed by atoms with Crippen LogP contribution in [-0.4, -0.2) is 38.1 Å². The summed E-state index contributed by atoms with van der Waals surface area (Å²) in [5.41, 5.74) is 1.10. The van der Waals surface area contributed by atoms with Crippen LogP contribution in [0.15, 0.2) is 24.3 Å². The fourth-order valence-electron chi connectivity index (χ4n) is 2.82. The lowest BCUT2D eigenvalue weighted by Crippen LogP contribution is -2.31. The Morgan fingerprint density at radius 1 is 1.48 bits per heavy atom. The van der Waals surface area contributed by atoms with Gasteiger partial charge in [-0.25, -0.2) is 0 Å². The highest BCUT2D eigenvalue weighted by atomic mass is 16.5. The molecule has 1 aliphatic rings. The predicted molar refractivity (Wildman–Crippen MR) is 84.3 cm³/mol. The van der Waals surface area contributed by atoms with Gasteiger partial charge >= 0.3 is 0 Å². The Hall–Kier alpha value is -1.55. The number of carbonyl (C=O) groups excluding carboxylic acids is 1. The normalized spacial score (nSPS) is 18.3. The standard InChI is InChI=1S/C17H26N2O2/c1-19(13-15-5-3-7-16(11-15)21-2)17(20)9-8-14-6-4-10-18-12-14/h3,5,7,11,14,18H,4,6,8-10,12-13H2,1-2H3. The molecule has 4 heteroatoms. The average Bonchev–Trinajstić information content (AvgIpc) is 2.53. The van der Waals surface area contributed by atoms with E-state index >= 15 is 0 Å². The van der Waals surface area contributed by atoms with Gasteiger partial charge in [-0.15, -0.1) is 0 Å². The minimum atomic E-state index is 0.225. The Morgan fingerprint density at radius 2 is 2.33 bits per heavy atom. The lowest BCUT2D eigenvalue weighted by atomic mass is 9.94. The molecule has 1 aromatic carbocycles. The molecule has 0 aliphatic carbocycles. The number of amides is 1. The van der Waals surface area contributed by atoms with E-state index in [4.69, 9.17) is 4.74 Å². The van der Waals surface area contributed by atoms with Crippen LogP contribution in [0.3, 0.4) is 0 Å². The first-order valence-electron chi connectivity index (χ1n) is 7.76. The van der Waals surface area contributed by atoms with Gasteiger partial charge in [0.25, 0.3) is 0 Å². The van der Waals surface area contributed by atoms with Gasteiger partial charge in [0.15, 0.2) is 0 Å². The van der Waals surface area contributed by atoms with Gasteiger partial charge in [-0.2, -0.15) is 0 Å². The molecule has 4 nitrogen and oxygen atoms in total. The summed E-state index contributed by atoms with van der Waals surface area (Å²) in [5, 5.41) is 3.40. The SMILES string of the molecule is COc1cccc(CN(C)C(=O)CCC2CCCNC2)c1. The van der Waals surface area contributed by atoms with E-state index in [0.29, 0.717) is 18.9 Å². The summed E-state index contributed by atoms with van der Waals surface area (Å²) >= 11 is 0. The van der Waals surface area contributed by atoms with E-state index in [1.165, 1.54) is 12.8 Å². The van der Waals surface area contributed by atoms with E-state index < -0.39 is 0 Å². The molecule has 1 aromatic rings. The number of carbonyl (C=O) groups is 1. The lowest BCUT2D eigenvalue weighted by molar-refractivity contribution is -0.130. The molecule has 21 heavy (non-hydrogen) atoms. The molecule has 1 aliphatic heterocycles. The molecular weight excluding hydrogens is 264 g/mol. The minimum Gasteiger partial charge on any atom is -0.497 e. The van der Waals surface area contributed by atoms with Gasteiger partial charge in [-0.05, 0) is 56.0 Å². The van der Waals surface area contributed by atoms with Crippen molar-refractivity contribution in [3.8, 4) is 5.75 Å². The quantitative estimate of drug-likeness (QED) is 0.875. The Morgan fingerprint density at radius 3 is 3.05 bits per heavy atom. The van der Waals surface area contributed by atoms with Crippen LogP contribution in [0.1, 0.15) is 31.2 Å². The second-order valence-corrected chi connectivity index (χ2v) is 5.85. The average molecular weight is 290 g/mol. The number of methoxy groups -OCH3 is 1. The molecule has 116 valence electrons. The summed E-state index contributed by atoms with van der Waals surface area (Å²) in [5.74, 6) is 1.72. The zero-order valence-corrected chi connectivity index (χ0v) is 13.1. The number of nitrogens with zero attached hydrogens (tertiary/aromatic N) is 1.